The van der Waals surface area contributed by atoms with Crippen molar-refractivity contribution >= 4 is 7.82 Å². The Hall–Kier alpha value is -0.0866. The van der Waals surface area contributed by atoms with Crippen molar-refractivity contribution in [2.75, 3.05) is 0 Å². The zero-order valence-electron chi connectivity index (χ0n) is 7.33. The van der Waals surface area contributed by atoms with Crippen LogP contribution in [0.5, 0.6) is 0 Å². The molecule has 5 nitrogen and oxygen atoms in total. The van der Waals surface area contributed by atoms with E-state index in [4.69, 9.17) is 5.73 Å². The topological polar surface area (TPSA) is 98.4 Å². The van der Waals surface area contributed by atoms with E-state index in [1.807, 2.05) is 0 Å². The maximum Gasteiger partial charge on any atom is 2.00 e. The fraction of sp³-hybridized carbons (Fsp3) is 0.143. The molecule has 7 heteroatoms. The molecule has 0 aromatic heterocycles. The maximum atomic E-state index is 10.2. The van der Waals surface area contributed by atoms with Crippen molar-refractivity contribution in [1.82, 2.24) is 0 Å². The number of hydrogen-bond donors (Lipinski definition) is 1. The van der Waals surface area contributed by atoms with E-state index in [0.717, 1.165) is 0 Å². The predicted molar refractivity (Wildman–Crippen MR) is 42.1 cm³/mol. The van der Waals surface area contributed by atoms with E-state index in [9.17, 15) is 14.4 Å². The summed E-state index contributed by atoms with van der Waals surface area (Å²) in [5.74, 6) is 0. The van der Waals surface area contributed by atoms with Crippen molar-refractivity contribution in [2.45, 2.75) is 6.23 Å². The second-order valence-electron chi connectivity index (χ2n) is 2.38. The van der Waals surface area contributed by atoms with Gasteiger partial charge in [0.2, 0.25) is 0 Å². The van der Waals surface area contributed by atoms with Crippen molar-refractivity contribution in [1.29, 1.82) is 0 Å². The second-order valence-corrected chi connectivity index (χ2v) is 3.49. The van der Waals surface area contributed by atoms with Gasteiger partial charge in [0.25, 0.3) is 0 Å². The van der Waals surface area contributed by atoms with Crippen molar-refractivity contribution in [3.63, 3.8) is 0 Å². The minimum atomic E-state index is -5.01. The summed E-state index contributed by atoms with van der Waals surface area (Å²) in [6.45, 7) is 0. The smallest absolute Gasteiger partial charge is 0.790 e. The molecule has 0 heterocycles. The van der Waals surface area contributed by atoms with Crippen LogP contribution in [0, 0.1) is 0 Å². The molecule has 0 aliphatic carbocycles. The van der Waals surface area contributed by atoms with E-state index in [2.05, 4.69) is 4.52 Å². The minimum absolute atomic E-state index is 0. The van der Waals surface area contributed by atoms with Gasteiger partial charge >= 0.3 is 19.5 Å². The van der Waals surface area contributed by atoms with Crippen LogP contribution in [-0.2, 0) is 28.6 Å². The molecule has 0 saturated carbocycles. The van der Waals surface area contributed by atoms with Crippen LogP contribution in [0.4, 0.5) is 0 Å². The largest absolute Gasteiger partial charge is 2.00 e. The maximum absolute atomic E-state index is 10.2. The molecule has 0 fully saturated rings. The van der Waals surface area contributed by atoms with E-state index in [1.54, 1.807) is 30.3 Å². The summed E-state index contributed by atoms with van der Waals surface area (Å²) in [5, 5.41) is 0. The second kappa shape index (κ2) is 5.71. The third-order valence-corrected chi connectivity index (χ3v) is 1.86. The third-order valence-electron chi connectivity index (χ3n) is 1.37. The van der Waals surface area contributed by atoms with E-state index in [1.165, 1.54) is 0 Å². The Bertz CT molecular complexity index is 315. The van der Waals surface area contributed by atoms with Gasteiger partial charge < -0.3 is 24.6 Å². The van der Waals surface area contributed by atoms with E-state index < -0.39 is 14.1 Å². The average molecular weight is 267 g/mol. The van der Waals surface area contributed by atoms with Crippen molar-refractivity contribution in [2.24, 2.45) is 5.73 Å². The third kappa shape index (κ3) is 4.96. The molecule has 1 unspecified atom stereocenters. The fourth-order valence-corrected chi connectivity index (χ4v) is 1.24. The van der Waals surface area contributed by atoms with Crippen LogP contribution >= 0.6 is 7.82 Å². The quantitative estimate of drug-likeness (QED) is 0.451. The van der Waals surface area contributed by atoms with E-state index in [0.29, 0.717) is 5.56 Å². The Morgan fingerprint density at radius 1 is 1.29 bits per heavy atom. The molecule has 0 spiro atoms. The normalized spacial score (nSPS) is 13.1. The number of nitrogens with two attached hydrogens (primary N) is 1. The molecule has 14 heavy (non-hydrogen) atoms. The first-order valence-electron chi connectivity index (χ1n) is 3.50. The summed E-state index contributed by atoms with van der Waals surface area (Å²) in [7, 11) is -5.01. The summed E-state index contributed by atoms with van der Waals surface area (Å²) in [5.41, 5.74) is 5.73. The summed E-state index contributed by atoms with van der Waals surface area (Å²) < 4.78 is 14.2. The molecular weight excluding hydrogens is 258 g/mol. The van der Waals surface area contributed by atoms with Gasteiger partial charge in [-0.1, -0.05) is 30.3 Å². The first-order chi connectivity index (χ1) is 5.99. The Morgan fingerprint density at radius 2 is 1.79 bits per heavy atom. The molecule has 0 saturated heterocycles. The Kier molecular flexibility index (Phi) is 5.68. The van der Waals surface area contributed by atoms with Crippen LogP contribution in [0.15, 0.2) is 30.3 Å². The molecule has 1 atom stereocenters. The van der Waals surface area contributed by atoms with Gasteiger partial charge in [-0.2, -0.15) is 0 Å². The first kappa shape index (κ1) is 13.9. The molecule has 2 N–H and O–H groups in total. The number of phosphoric acid groups is 1. The van der Waals surface area contributed by atoms with Crippen LogP contribution in [-0.4, -0.2) is 0 Å². The van der Waals surface area contributed by atoms with Gasteiger partial charge in [0.15, 0.2) is 0 Å². The standard InChI is InChI=1S/C7H10NO4P.Zn/c8-7(12-13(9,10)11)6-4-2-1-3-5-6;/h1-5,7H,8H2,(H2,9,10,11);/q;+2/p-2. The number of hydrogen-bond acceptors (Lipinski definition) is 5. The van der Waals surface area contributed by atoms with E-state index >= 15 is 0 Å². The summed E-state index contributed by atoms with van der Waals surface area (Å²) in [4.78, 5) is 20.4. The van der Waals surface area contributed by atoms with Gasteiger partial charge in [0.05, 0.1) is 7.82 Å². The van der Waals surface area contributed by atoms with Crippen LogP contribution in [0.1, 0.15) is 11.8 Å². The minimum Gasteiger partial charge on any atom is -0.790 e. The molecule has 0 aliphatic heterocycles. The van der Waals surface area contributed by atoms with Crippen LogP contribution < -0.4 is 15.5 Å². The van der Waals surface area contributed by atoms with E-state index in [-0.39, 0.29) is 19.5 Å². The molecule has 1 aromatic carbocycles. The summed E-state index contributed by atoms with van der Waals surface area (Å²) >= 11 is 0. The molecule has 72 valence electrons. The Labute approximate surface area is 94.3 Å². The molecule has 0 aliphatic rings. The van der Waals surface area contributed by atoms with Crippen LogP contribution in [0.2, 0.25) is 0 Å². The molecular formula is C7H8NO4PZn. The summed E-state index contributed by atoms with van der Waals surface area (Å²) in [6.07, 6.45) is -1.22. The Morgan fingerprint density at radius 3 is 2.21 bits per heavy atom. The van der Waals surface area contributed by atoms with Crippen LogP contribution in [0.3, 0.4) is 0 Å². The fourth-order valence-electron chi connectivity index (χ4n) is 0.843. The zero-order chi connectivity index (χ0) is 9.90. The van der Waals surface area contributed by atoms with Gasteiger partial charge in [0, 0.05) is 0 Å². The molecule has 0 radical (unpaired) electrons. The molecule has 1 rings (SSSR count). The Balaban J connectivity index is 0.00000169. The van der Waals surface area contributed by atoms with Gasteiger partial charge in [-0.25, -0.2) is 0 Å². The predicted octanol–water partition coefficient (Wildman–Crippen LogP) is -0.513. The number of benzene rings is 1. The SMILES string of the molecule is NC(OP(=O)([O-])[O-])c1ccccc1.[Zn+2]. The zero-order valence-corrected chi connectivity index (χ0v) is 11.2. The first-order valence-corrected chi connectivity index (χ1v) is 4.96. The molecule has 0 amide bonds. The van der Waals surface area contributed by atoms with Gasteiger partial charge in [-0.3, -0.25) is 0 Å². The van der Waals surface area contributed by atoms with Crippen LogP contribution in [0.25, 0.3) is 0 Å². The summed E-state index contributed by atoms with van der Waals surface area (Å²) in [6, 6.07) is 8.21. The number of rotatable bonds is 3. The van der Waals surface area contributed by atoms with Gasteiger partial charge in [0.1, 0.15) is 6.23 Å². The van der Waals surface area contributed by atoms with Gasteiger partial charge in [-0.15, -0.1) is 0 Å². The van der Waals surface area contributed by atoms with Gasteiger partial charge in [-0.05, 0) is 5.56 Å². The molecule has 1 aromatic rings. The van der Waals surface area contributed by atoms with Crippen molar-refractivity contribution < 1.29 is 38.4 Å². The average Bonchev–Trinajstić information content (AvgIpc) is 2.03. The number of phosphoric ester groups is 1. The van der Waals surface area contributed by atoms with Crippen molar-refractivity contribution in [3.8, 4) is 0 Å². The molecule has 0 bridgehead atoms. The monoisotopic (exact) mass is 265 g/mol. The van der Waals surface area contributed by atoms with Crippen molar-refractivity contribution in [3.05, 3.63) is 35.9 Å².